The van der Waals surface area contributed by atoms with Crippen LogP contribution in [0.3, 0.4) is 0 Å². The van der Waals surface area contributed by atoms with Gasteiger partial charge in [-0.25, -0.2) is 0 Å². The van der Waals surface area contributed by atoms with Crippen molar-refractivity contribution in [2.45, 2.75) is 0 Å². The summed E-state index contributed by atoms with van der Waals surface area (Å²) < 4.78 is 56.1. The zero-order valence-electron chi connectivity index (χ0n) is 3.76. The van der Waals surface area contributed by atoms with Crippen LogP contribution in [0, 0.1) is 0 Å². The van der Waals surface area contributed by atoms with Crippen molar-refractivity contribution in [2.24, 2.45) is 0 Å². The van der Waals surface area contributed by atoms with E-state index < -0.39 is 31.5 Å². The highest BCUT2D eigenvalue weighted by Crippen LogP contribution is 1.59. The van der Waals surface area contributed by atoms with Gasteiger partial charge in [-0.05, 0) is 3.44 Å². The molecule has 0 bridgehead atoms. The second-order valence-electron chi connectivity index (χ2n) is 0.649. The van der Waals surface area contributed by atoms with Crippen LogP contribution >= 0.6 is 0 Å². The minimum atomic E-state index is -4.67. The zero-order chi connectivity index (χ0) is 8.08. The monoisotopic (exact) mass is 274 g/mol. The Morgan fingerprint density at radius 1 is 1.22 bits per heavy atom. The first-order chi connectivity index (χ1) is 3.73. The van der Waals surface area contributed by atoms with Gasteiger partial charge in [-0.2, -0.15) is 8.42 Å². The smallest absolute Gasteiger partial charge is 0.396 e. The lowest BCUT2D eigenvalue weighted by atomic mass is 15.8. The first-order valence-corrected chi connectivity index (χ1v) is 5.30. The Bertz CT molecular complexity index is 120. The molecular weight excluding hydrogens is 271 g/mol. The average molecular weight is 274 g/mol. The number of halogens is 1. The fraction of sp³-hybridized carbons (Fsp3) is 0. The fourth-order valence-corrected chi connectivity index (χ4v) is 0. The lowest BCUT2D eigenvalue weighted by molar-refractivity contribution is -1.63. The molecule has 7 nitrogen and oxygen atoms in total. The first-order valence-electron chi connectivity index (χ1n) is 1.18. The molecule has 0 aromatic heterocycles. The maximum Gasteiger partial charge on any atom is 0.503 e. The highest BCUT2D eigenvalue weighted by molar-refractivity contribution is 7.79. The van der Waals surface area contributed by atoms with Gasteiger partial charge in [0, 0.05) is 0 Å². The van der Waals surface area contributed by atoms with Crippen LogP contribution in [0.4, 0.5) is 0 Å². The zero-order valence-corrected chi connectivity index (χ0v) is 6.73. The van der Waals surface area contributed by atoms with Gasteiger partial charge in [-0.3, -0.25) is 9.11 Å². The van der Waals surface area contributed by atoms with E-state index in [0.29, 0.717) is 0 Å². The average Bonchev–Trinajstić information content (AvgIpc) is 1.19. The Balaban J connectivity index is 0. The third kappa shape index (κ3) is 1550. The molecule has 0 fully saturated rings. The van der Waals surface area contributed by atoms with Crippen LogP contribution in [0.2, 0.25) is 0 Å². The second kappa shape index (κ2) is 5.28. The van der Waals surface area contributed by atoms with Crippen molar-refractivity contribution in [3.05, 3.63) is 0 Å². The van der Waals surface area contributed by atoms with Crippen LogP contribution in [0.25, 0.3) is 0 Å². The lowest BCUT2D eigenvalue weighted by Crippen LogP contribution is -3.98. The van der Waals surface area contributed by atoms with E-state index in [4.69, 9.17) is 27.8 Å². The molecule has 0 aliphatic heterocycles. The van der Waals surface area contributed by atoms with Crippen LogP contribution in [-0.2, 0) is 10.4 Å². The van der Waals surface area contributed by atoms with E-state index >= 15 is 0 Å². The van der Waals surface area contributed by atoms with Gasteiger partial charge < -0.3 is 6.87 Å². The van der Waals surface area contributed by atoms with Crippen LogP contribution in [-0.4, -0.2) is 21.0 Å². The quantitative estimate of drug-likeness (QED) is 0.294. The van der Waals surface area contributed by atoms with E-state index in [-0.39, 0.29) is 0 Å². The minimum Gasteiger partial charge on any atom is -0.396 e. The first kappa shape index (κ1) is 12.2. The summed E-state index contributed by atoms with van der Waals surface area (Å²) in [4.78, 5) is 0. The second-order valence-corrected chi connectivity index (χ2v) is 2.69. The molecule has 9 heavy (non-hydrogen) atoms. The molecule has 0 amide bonds. The van der Waals surface area contributed by atoms with Gasteiger partial charge in [0.15, 0.2) is 0 Å². The summed E-state index contributed by atoms with van der Waals surface area (Å²) in [7, 11) is -4.67. The van der Waals surface area contributed by atoms with E-state index in [1.54, 1.807) is 0 Å². The van der Waals surface area contributed by atoms with Gasteiger partial charge >= 0.3 is 31.5 Å². The number of rotatable bonds is 0. The number of hydrogen-bond acceptors (Lipinski definition) is 5. The Kier molecular flexibility index (Phi) is 7.15. The SMILES string of the molecule is O=S(=O)(O)O.[O-][I+2]([O-])O. The standard InChI is InChI=1S/HIO3.H2O4S/c2-1(3)4;1-5(2,3)4/h2H;(H2,1,2,3,4). The van der Waals surface area contributed by atoms with Gasteiger partial charge in [0.2, 0.25) is 0 Å². The topological polar surface area (TPSA) is 141 Å². The molecule has 0 aliphatic rings. The van der Waals surface area contributed by atoms with Gasteiger partial charge in [0.05, 0.1) is 0 Å². The van der Waals surface area contributed by atoms with Crippen molar-refractivity contribution in [1.29, 1.82) is 0 Å². The summed E-state index contributed by atoms with van der Waals surface area (Å²) in [6.45, 7) is 0. The van der Waals surface area contributed by atoms with E-state index in [1.165, 1.54) is 0 Å². The molecule has 0 spiro atoms. The summed E-state index contributed by atoms with van der Waals surface area (Å²) in [5.41, 5.74) is 0. The molecule has 0 aromatic rings. The minimum absolute atomic E-state index is 3.76. The Hall–Kier alpha value is 0.480. The van der Waals surface area contributed by atoms with Gasteiger partial charge in [0.25, 0.3) is 0 Å². The van der Waals surface area contributed by atoms with Crippen molar-refractivity contribution in [1.82, 2.24) is 0 Å². The van der Waals surface area contributed by atoms with Crippen molar-refractivity contribution < 1.29 is 48.9 Å². The molecule has 0 rings (SSSR count). The van der Waals surface area contributed by atoms with Crippen LogP contribution in [0.15, 0.2) is 0 Å². The third-order valence-electron chi connectivity index (χ3n) is 0. The predicted octanol–water partition coefficient (Wildman–Crippen LogP) is -6.58. The highest BCUT2D eigenvalue weighted by Gasteiger charge is 1.89. The molecule has 0 saturated carbocycles. The van der Waals surface area contributed by atoms with Crippen LogP contribution in [0.1, 0.15) is 0 Å². The Morgan fingerprint density at radius 2 is 1.22 bits per heavy atom. The summed E-state index contributed by atoms with van der Waals surface area (Å²) in [6, 6.07) is 0. The molecule has 0 radical (unpaired) electrons. The van der Waals surface area contributed by atoms with Crippen molar-refractivity contribution >= 4 is 10.4 Å². The molecular formula is H3IO7S. The third-order valence-corrected chi connectivity index (χ3v) is 0. The predicted molar refractivity (Wildman–Crippen MR) is 16.4 cm³/mol. The fourth-order valence-electron chi connectivity index (χ4n) is 0. The summed E-state index contributed by atoms with van der Waals surface area (Å²) in [5.74, 6) is 0. The van der Waals surface area contributed by atoms with E-state index in [1.807, 2.05) is 0 Å². The number of hydrogen-bond donors (Lipinski definition) is 3. The molecule has 0 heterocycles. The maximum absolute atomic E-state index is 8.74. The molecule has 0 aliphatic carbocycles. The summed E-state index contributed by atoms with van der Waals surface area (Å²) in [5, 5.41) is 0. The van der Waals surface area contributed by atoms with E-state index in [2.05, 4.69) is 0 Å². The molecule has 0 unspecified atom stereocenters. The van der Waals surface area contributed by atoms with Crippen LogP contribution < -0.4 is 27.9 Å². The maximum atomic E-state index is 8.74. The molecule has 0 aromatic carbocycles. The van der Waals surface area contributed by atoms with Crippen LogP contribution in [0.5, 0.6) is 0 Å². The molecule has 58 valence electrons. The molecule has 9 heteroatoms. The van der Waals surface area contributed by atoms with Crippen molar-refractivity contribution in [3.8, 4) is 0 Å². The van der Waals surface area contributed by atoms with E-state index in [9.17, 15) is 0 Å². The highest BCUT2D eigenvalue weighted by atomic mass is 127. The summed E-state index contributed by atoms with van der Waals surface area (Å²) >= 11 is -3.76. The molecule has 0 atom stereocenters. The van der Waals surface area contributed by atoms with E-state index in [0.717, 1.165) is 0 Å². The van der Waals surface area contributed by atoms with Crippen molar-refractivity contribution in [3.63, 3.8) is 0 Å². The van der Waals surface area contributed by atoms with Gasteiger partial charge in [0.1, 0.15) is 0 Å². The van der Waals surface area contributed by atoms with Gasteiger partial charge in [-0.1, -0.05) is 0 Å². The Morgan fingerprint density at radius 3 is 1.22 bits per heavy atom. The molecule has 3 N–H and O–H groups in total. The largest absolute Gasteiger partial charge is 0.503 e. The normalized spacial score (nSPS) is 10.4. The van der Waals surface area contributed by atoms with Gasteiger partial charge in [-0.15, -0.1) is 0 Å². The lowest BCUT2D eigenvalue weighted by Gasteiger charge is -1.68. The Labute approximate surface area is 59.6 Å². The summed E-state index contributed by atoms with van der Waals surface area (Å²) in [6.07, 6.45) is 0. The molecule has 0 saturated heterocycles. The van der Waals surface area contributed by atoms with Crippen molar-refractivity contribution in [2.75, 3.05) is 0 Å².